The van der Waals surface area contributed by atoms with Crippen LogP contribution in [-0.2, 0) is 12.8 Å². The maximum Gasteiger partial charge on any atom is 0.231 e. The van der Waals surface area contributed by atoms with Gasteiger partial charge in [-0.2, -0.15) is 0 Å². The maximum atomic E-state index is 10.1. The molecular formula is C21H26O5. The molecule has 1 aliphatic heterocycles. The van der Waals surface area contributed by atoms with Crippen LogP contribution in [0.3, 0.4) is 0 Å². The summed E-state index contributed by atoms with van der Waals surface area (Å²) in [5.74, 6) is 3.57. The molecule has 2 unspecified atom stereocenters. The Balaban J connectivity index is 1.67. The van der Waals surface area contributed by atoms with Crippen molar-refractivity contribution in [3.63, 3.8) is 0 Å². The molecule has 26 heavy (non-hydrogen) atoms. The first kappa shape index (κ1) is 18.2. The quantitative estimate of drug-likeness (QED) is 0.804. The highest BCUT2D eigenvalue weighted by molar-refractivity contribution is 5.53. The predicted molar refractivity (Wildman–Crippen MR) is 99.5 cm³/mol. The zero-order valence-electron chi connectivity index (χ0n) is 15.7. The van der Waals surface area contributed by atoms with Gasteiger partial charge in [-0.05, 0) is 60.1 Å². The van der Waals surface area contributed by atoms with Gasteiger partial charge >= 0.3 is 0 Å². The first-order valence-corrected chi connectivity index (χ1v) is 8.84. The van der Waals surface area contributed by atoms with Gasteiger partial charge in [0.15, 0.2) is 23.0 Å². The molecule has 0 fully saturated rings. The number of methoxy groups -OCH3 is 2. The van der Waals surface area contributed by atoms with Gasteiger partial charge in [0.25, 0.3) is 0 Å². The van der Waals surface area contributed by atoms with E-state index in [9.17, 15) is 5.11 Å². The van der Waals surface area contributed by atoms with Crippen molar-refractivity contribution in [2.45, 2.75) is 26.7 Å². The molecule has 5 heteroatoms. The largest absolute Gasteiger partial charge is 0.504 e. The highest BCUT2D eigenvalue weighted by atomic mass is 16.7. The smallest absolute Gasteiger partial charge is 0.231 e. The topological polar surface area (TPSA) is 57.2 Å². The summed E-state index contributed by atoms with van der Waals surface area (Å²) >= 11 is 0. The second kappa shape index (κ2) is 7.77. The Labute approximate surface area is 154 Å². The number of fused-ring (bicyclic) bond motifs is 1. The van der Waals surface area contributed by atoms with Crippen LogP contribution in [0.15, 0.2) is 30.3 Å². The van der Waals surface area contributed by atoms with Gasteiger partial charge in [-0.15, -0.1) is 0 Å². The number of aromatic hydroxyl groups is 1. The van der Waals surface area contributed by atoms with E-state index in [1.807, 2.05) is 12.1 Å². The standard InChI is InChI=1S/C21H26O5/c1-13(7-15-5-6-18-19(10-15)26-12-25-18)14(2)8-16-9-17(22)21(24-4)20(11-16)23-3/h5-6,9-11,13-14,22H,7-8,12H2,1-4H3. The zero-order valence-corrected chi connectivity index (χ0v) is 15.7. The third-order valence-corrected chi connectivity index (χ3v) is 5.04. The van der Waals surface area contributed by atoms with Crippen molar-refractivity contribution in [2.75, 3.05) is 21.0 Å². The van der Waals surface area contributed by atoms with Crippen LogP contribution in [0.2, 0.25) is 0 Å². The molecule has 0 spiro atoms. The Hall–Kier alpha value is -2.56. The summed E-state index contributed by atoms with van der Waals surface area (Å²) < 4.78 is 21.4. The third-order valence-electron chi connectivity index (χ3n) is 5.04. The first-order chi connectivity index (χ1) is 12.5. The van der Waals surface area contributed by atoms with Crippen LogP contribution >= 0.6 is 0 Å². The Morgan fingerprint density at radius 3 is 2.31 bits per heavy atom. The van der Waals surface area contributed by atoms with Crippen molar-refractivity contribution in [2.24, 2.45) is 11.8 Å². The number of benzene rings is 2. The van der Waals surface area contributed by atoms with Crippen LogP contribution in [0.1, 0.15) is 25.0 Å². The molecule has 0 saturated heterocycles. The molecule has 140 valence electrons. The second-order valence-corrected chi connectivity index (χ2v) is 6.90. The fourth-order valence-electron chi connectivity index (χ4n) is 3.33. The number of hydrogen-bond acceptors (Lipinski definition) is 5. The fourth-order valence-corrected chi connectivity index (χ4v) is 3.33. The molecule has 0 aliphatic carbocycles. The molecule has 2 aromatic rings. The van der Waals surface area contributed by atoms with Crippen LogP contribution in [-0.4, -0.2) is 26.1 Å². The summed E-state index contributed by atoms with van der Waals surface area (Å²) in [5.41, 5.74) is 2.27. The molecule has 2 atom stereocenters. The SMILES string of the molecule is COc1cc(CC(C)C(C)Cc2ccc3c(c2)OCO3)cc(O)c1OC. The lowest BCUT2D eigenvalue weighted by molar-refractivity contribution is 0.174. The van der Waals surface area contributed by atoms with Crippen molar-refractivity contribution in [3.8, 4) is 28.7 Å². The van der Waals surface area contributed by atoms with E-state index < -0.39 is 0 Å². The van der Waals surface area contributed by atoms with E-state index in [2.05, 4.69) is 26.0 Å². The second-order valence-electron chi connectivity index (χ2n) is 6.90. The zero-order chi connectivity index (χ0) is 18.7. The monoisotopic (exact) mass is 358 g/mol. The van der Waals surface area contributed by atoms with Gasteiger partial charge in [-0.1, -0.05) is 19.9 Å². The lowest BCUT2D eigenvalue weighted by Gasteiger charge is -2.21. The number of hydrogen-bond donors (Lipinski definition) is 1. The lowest BCUT2D eigenvalue weighted by Crippen LogP contribution is -2.14. The molecule has 0 bridgehead atoms. The summed E-state index contributed by atoms with van der Waals surface area (Å²) in [6.07, 6.45) is 1.80. The Bertz CT molecular complexity index is 771. The van der Waals surface area contributed by atoms with Gasteiger partial charge in [-0.25, -0.2) is 0 Å². The van der Waals surface area contributed by atoms with Crippen molar-refractivity contribution in [1.29, 1.82) is 0 Å². The third kappa shape index (κ3) is 3.82. The fraction of sp³-hybridized carbons (Fsp3) is 0.429. The normalized spacial score (nSPS) is 14.8. The van der Waals surface area contributed by atoms with Crippen LogP contribution in [0.5, 0.6) is 28.7 Å². The Morgan fingerprint density at radius 1 is 0.923 bits per heavy atom. The van der Waals surface area contributed by atoms with Crippen LogP contribution in [0.25, 0.3) is 0 Å². The highest BCUT2D eigenvalue weighted by Gasteiger charge is 2.19. The minimum atomic E-state index is 0.109. The van der Waals surface area contributed by atoms with Gasteiger partial charge in [-0.3, -0.25) is 0 Å². The van der Waals surface area contributed by atoms with E-state index in [0.29, 0.717) is 30.1 Å². The summed E-state index contributed by atoms with van der Waals surface area (Å²) in [6.45, 7) is 4.77. The van der Waals surface area contributed by atoms with E-state index in [1.165, 1.54) is 12.7 Å². The van der Waals surface area contributed by atoms with Crippen molar-refractivity contribution in [1.82, 2.24) is 0 Å². The van der Waals surface area contributed by atoms with Gasteiger partial charge < -0.3 is 24.1 Å². The number of ether oxygens (including phenoxy) is 4. The van der Waals surface area contributed by atoms with E-state index in [1.54, 1.807) is 13.2 Å². The predicted octanol–water partition coefficient (Wildman–Crippen LogP) is 4.20. The molecule has 0 aromatic heterocycles. The van der Waals surface area contributed by atoms with Crippen LogP contribution in [0.4, 0.5) is 0 Å². The van der Waals surface area contributed by atoms with Gasteiger partial charge in [0, 0.05) is 0 Å². The molecule has 2 aromatic carbocycles. The minimum Gasteiger partial charge on any atom is -0.504 e. The summed E-state index contributed by atoms with van der Waals surface area (Å²) in [5, 5.41) is 10.1. The molecule has 1 N–H and O–H groups in total. The van der Waals surface area contributed by atoms with Crippen LogP contribution < -0.4 is 18.9 Å². The van der Waals surface area contributed by atoms with Crippen LogP contribution in [0, 0.1) is 11.8 Å². The Morgan fingerprint density at radius 2 is 1.62 bits per heavy atom. The molecule has 3 rings (SSSR count). The van der Waals surface area contributed by atoms with Gasteiger partial charge in [0.2, 0.25) is 12.5 Å². The molecule has 5 nitrogen and oxygen atoms in total. The number of phenols is 1. The molecule has 0 radical (unpaired) electrons. The molecule has 1 aliphatic rings. The summed E-state index contributed by atoms with van der Waals surface area (Å²) in [7, 11) is 3.10. The van der Waals surface area contributed by atoms with Gasteiger partial charge in [0.1, 0.15) is 0 Å². The molecule has 1 heterocycles. The summed E-state index contributed by atoms with van der Waals surface area (Å²) in [6, 6.07) is 9.82. The van der Waals surface area contributed by atoms with Crippen molar-refractivity contribution >= 4 is 0 Å². The molecule has 0 saturated carbocycles. The average molecular weight is 358 g/mol. The van der Waals surface area contributed by atoms with Crippen molar-refractivity contribution < 1.29 is 24.1 Å². The van der Waals surface area contributed by atoms with E-state index in [-0.39, 0.29) is 5.75 Å². The van der Waals surface area contributed by atoms with E-state index in [0.717, 1.165) is 29.9 Å². The summed E-state index contributed by atoms with van der Waals surface area (Å²) in [4.78, 5) is 0. The Kier molecular flexibility index (Phi) is 5.45. The minimum absolute atomic E-state index is 0.109. The highest BCUT2D eigenvalue weighted by Crippen LogP contribution is 2.38. The first-order valence-electron chi connectivity index (χ1n) is 8.84. The average Bonchev–Trinajstić information content (AvgIpc) is 3.08. The number of rotatable bonds is 7. The van der Waals surface area contributed by atoms with Crippen molar-refractivity contribution in [3.05, 3.63) is 41.5 Å². The molecular weight excluding hydrogens is 332 g/mol. The van der Waals surface area contributed by atoms with E-state index in [4.69, 9.17) is 18.9 Å². The number of phenolic OH excluding ortho intramolecular Hbond substituents is 1. The lowest BCUT2D eigenvalue weighted by atomic mass is 9.85. The van der Waals surface area contributed by atoms with E-state index >= 15 is 0 Å². The van der Waals surface area contributed by atoms with Gasteiger partial charge in [0.05, 0.1) is 14.2 Å². The molecule has 0 amide bonds. The maximum absolute atomic E-state index is 10.1.